The summed E-state index contributed by atoms with van der Waals surface area (Å²) >= 11 is 1.33. The molecule has 1 aliphatic rings. The number of hydrogen-bond donors (Lipinski definition) is 4. The van der Waals surface area contributed by atoms with Gasteiger partial charge >= 0.3 is 5.97 Å². The van der Waals surface area contributed by atoms with Crippen molar-refractivity contribution in [3.63, 3.8) is 0 Å². The van der Waals surface area contributed by atoms with Crippen LogP contribution in [0.2, 0.25) is 0 Å². The number of aromatic nitrogens is 1. The Morgan fingerprint density at radius 2 is 1.77 bits per heavy atom. The van der Waals surface area contributed by atoms with E-state index in [9.17, 15) is 24.6 Å². The van der Waals surface area contributed by atoms with E-state index in [0.29, 0.717) is 35.9 Å². The average Bonchev–Trinajstić information content (AvgIpc) is 3.02. The molecule has 2 heterocycles. The summed E-state index contributed by atoms with van der Waals surface area (Å²) in [5.41, 5.74) is 3.24. The number of carbonyl (C=O) groups excluding carboxylic acids is 2. The number of amides is 2. The highest BCUT2D eigenvalue weighted by Gasteiger charge is 2.38. The third-order valence-corrected chi connectivity index (χ3v) is 8.50. The Kier molecular flexibility index (Phi) is 12.3. The minimum atomic E-state index is -1.04. The van der Waals surface area contributed by atoms with Crippen LogP contribution in [0.5, 0.6) is 0 Å². The average molecular weight is 622 g/mol. The Bertz CT molecular complexity index is 1420. The molecule has 0 aliphatic carbocycles. The van der Waals surface area contributed by atoms with Crippen LogP contribution in [0.15, 0.2) is 71.9 Å². The maximum Gasteiger partial charge on any atom is 0.338 e. The number of carbonyl (C=O) groups is 3. The zero-order valence-corrected chi connectivity index (χ0v) is 25.7. The fraction of sp³-hybridized carbons (Fsp3) is 0.394. The number of nitrogens with one attached hydrogen (secondary N) is 2. The zero-order valence-electron chi connectivity index (χ0n) is 24.9. The van der Waals surface area contributed by atoms with Crippen molar-refractivity contribution in [2.45, 2.75) is 69.7 Å². The SMILES string of the molecule is CC(=O)NCCCCCC(=O)Nc1cccc([C@H]2O[C@@H](CSc3ncccc3C(=O)O)[C@@H](C)[C@@H](c3ccc(CO)cc3)O2)c1. The van der Waals surface area contributed by atoms with Gasteiger partial charge < -0.3 is 30.3 Å². The number of thioether (sulfide) groups is 1. The Labute approximate surface area is 261 Å². The number of aliphatic hydroxyl groups is 1. The van der Waals surface area contributed by atoms with Crippen LogP contribution >= 0.6 is 11.8 Å². The first kappa shape index (κ1) is 33.1. The van der Waals surface area contributed by atoms with Crippen molar-refractivity contribution in [2.24, 2.45) is 5.92 Å². The number of anilines is 1. The van der Waals surface area contributed by atoms with Crippen molar-refractivity contribution in [3.8, 4) is 0 Å². The third kappa shape index (κ3) is 9.36. The molecular formula is C33H39N3O7S. The van der Waals surface area contributed by atoms with Crippen LogP contribution < -0.4 is 10.6 Å². The molecule has 1 saturated heterocycles. The zero-order chi connectivity index (χ0) is 31.5. The van der Waals surface area contributed by atoms with Crippen molar-refractivity contribution >= 4 is 35.2 Å². The molecule has 1 fully saturated rings. The normalized spacial score (nSPS) is 19.7. The summed E-state index contributed by atoms with van der Waals surface area (Å²) in [5.74, 6) is -0.836. The van der Waals surface area contributed by atoms with Crippen LogP contribution in [-0.4, -0.2) is 51.4 Å². The predicted molar refractivity (Wildman–Crippen MR) is 167 cm³/mol. The molecule has 0 unspecified atom stereocenters. The number of unbranched alkanes of at least 4 members (excludes halogenated alkanes) is 2. The number of carboxylic acid groups (broad SMARTS) is 1. The lowest BCUT2D eigenvalue weighted by Gasteiger charge is -2.41. The molecule has 0 bridgehead atoms. The molecule has 11 heteroatoms. The number of rotatable bonds is 14. The minimum Gasteiger partial charge on any atom is -0.478 e. The lowest BCUT2D eigenvalue weighted by Crippen LogP contribution is -2.38. The van der Waals surface area contributed by atoms with E-state index < -0.39 is 12.3 Å². The second kappa shape index (κ2) is 16.3. The number of carboxylic acids is 1. The summed E-state index contributed by atoms with van der Waals surface area (Å²) in [6.45, 7) is 4.07. The maximum atomic E-state index is 12.6. The van der Waals surface area contributed by atoms with Gasteiger partial charge in [0.05, 0.1) is 24.4 Å². The van der Waals surface area contributed by atoms with Gasteiger partial charge in [0.2, 0.25) is 11.8 Å². The highest BCUT2D eigenvalue weighted by Crippen LogP contribution is 2.43. The Hall–Kier alpha value is -3.77. The number of nitrogens with zero attached hydrogens (tertiary/aromatic N) is 1. The lowest BCUT2D eigenvalue weighted by molar-refractivity contribution is -0.268. The summed E-state index contributed by atoms with van der Waals surface area (Å²) in [5, 5.41) is 25.2. The predicted octanol–water partition coefficient (Wildman–Crippen LogP) is 5.49. The summed E-state index contributed by atoms with van der Waals surface area (Å²) in [4.78, 5) is 39.6. The van der Waals surface area contributed by atoms with Gasteiger partial charge in [-0.15, -0.1) is 11.8 Å². The summed E-state index contributed by atoms with van der Waals surface area (Å²) in [7, 11) is 0. The molecule has 0 spiro atoms. The minimum absolute atomic E-state index is 0.0560. The van der Waals surface area contributed by atoms with Gasteiger partial charge in [0, 0.05) is 49.0 Å². The van der Waals surface area contributed by atoms with Gasteiger partial charge in [0.25, 0.3) is 0 Å². The van der Waals surface area contributed by atoms with E-state index >= 15 is 0 Å². The maximum absolute atomic E-state index is 12.6. The first-order valence-corrected chi connectivity index (χ1v) is 15.7. The fourth-order valence-corrected chi connectivity index (χ4v) is 6.13. The molecule has 4 N–H and O–H groups in total. The van der Waals surface area contributed by atoms with Crippen LogP contribution in [0.1, 0.15) is 79.0 Å². The molecule has 234 valence electrons. The van der Waals surface area contributed by atoms with Gasteiger partial charge in [-0.1, -0.05) is 49.7 Å². The van der Waals surface area contributed by atoms with Crippen molar-refractivity contribution in [1.82, 2.24) is 10.3 Å². The van der Waals surface area contributed by atoms with Crippen LogP contribution in [-0.2, 0) is 25.7 Å². The first-order chi connectivity index (χ1) is 21.2. The van der Waals surface area contributed by atoms with E-state index in [1.54, 1.807) is 12.3 Å². The van der Waals surface area contributed by atoms with Crippen LogP contribution in [0.3, 0.4) is 0 Å². The highest BCUT2D eigenvalue weighted by molar-refractivity contribution is 7.99. The number of aliphatic hydroxyl groups excluding tert-OH is 1. The summed E-state index contributed by atoms with van der Waals surface area (Å²) in [6.07, 6.45) is 2.91. The van der Waals surface area contributed by atoms with E-state index in [-0.39, 0.29) is 42.1 Å². The van der Waals surface area contributed by atoms with E-state index in [2.05, 4.69) is 15.6 Å². The van der Waals surface area contributed by atoms with E-state index in [0.717, 1.165) is 29.5 Å². The molecule has 2 aromatic carbocycles. The summed E-state index contributed by atoms with van der Waals surface area (Å²) < 4.78 is 13.0. The molecule has 0 saturated carbocycles. The second-order valence-corrected chi connectivity index (χ2v) is 11.8. The third-order valence-electron chi connectivity index (χ3n) is 7.41. The van der Waals surface area contributed by atoms with E-state index in [4.69, 9.17) is 9.47 Å². The van der Waals surface area contributed by atoms with Gasteiger partial charge in [-0.2, -0.15) is 0 Å². The van der Waals surface area contributed by atoms with Gasteiger partial charge in [-0.05, 0) is 48.2 Å². The standard InChI is InChI=1S/C33H39N3O7S/c1-21-28(20-44-31-27(32(40)41)10-7-17-35-31)42-33(43-30(21)24-14-12-23(19-37)13-15-24)25-8-6-9-26(18-25)36-29(39)11-4-3-5-16-34-22(2)38/h6-10,12-15,17-18,21,28,30,33,37H,3-5,11,16,19-20H2,1-2H3,(H,34,38)(H,36,39)(H,40,41)/t21-,28+,30+,33+/m1/s1. The Morgan fingerprint density at radius 3 is 2.50 bits per heavy atom. The molecule has 10 nitrogen and oxygen atoms in total. The Morgan fingerprint density at radius 1 is 0.977 bits per heavy atom. The number of hydrogen-bond acceptors (Lipinski definition) is 8. The summed E-state index contributed by atoms with van der Waals surface area (Å²) in [6, 6.07) is 18.1. The Balaban J connectivity index is 1.47. The fourth-order valence-electron chi connectivity index (χ4n) is 4.98. The van der Waals surface area contributed by atoms with E-state index in [1.165, 1.54) is 24.8 Å². The van der Waals surface area contributed by atoms with E-state index in [1.807, 2.05) is 55.5 Å². The van der Waals surface area contributed by atoms with Gasteiger partial charge in [0.15, 0.2) is 6.29 Å². The molecule has 1 aliphatic heterocycles. The molecule has 2 amide bonds. The van der Waals surface area contributed by atoms with Crippen LogP contribution in [0, 0.1) is 5.92 Å². The number of aromatic carboxylic acids is 1. The van der Waals surface area contributed by atoms with Crippen molar-refractivity contribution in [1.29, 1.82) is 0 Å². The highest BCUT2D eigenvalue weighted by atomic mass is 32.2. The van der Waals surface area contributed by atoms with Gasteiger partial charge in [0.1, 0.15) is 5.03 Å². The van der Waals surface area contributed by atoms with Crippen molar-refractivity contribution < 1.29 is 34.1 Å². The lowest BCUT2D eigenvalue weighted by atomic mass is 9.91. The number of benzene rings is 2. The first-order valence-electron chi connectivity index (χ1n) is 14.7. The van der Waals surface area contributed by atoms with Crippen LogP contribution in [0.4, 0.5) is 5.69 Å². The number of pyridine rings is 1. The molecule has 1 aromatic heterocycles. The molecule has 44 heavy (non-hydrogen) atoms. The topological polar surface area (TPSA) is 147 Å². The van der Waals surface area contributed by atoms with Crippen molar-refractivity contribution in [3.05, 3.63) is 89.1 Å². The second-order valence-electron chi connectivity index (χ2n) is 10.8. The quantitative estimate of drug-likeness (QED) is 0.135. The molecular weight excluding hydrogens is 582 g/mol. The number of ether oxygens (including phenoxy) is 2. The molecule has 4 atom stereocenters. The smallest absolute Gasteiger partial charge is 0.338 e. The van der Waals surface area contributed by atoms with Crippen LogP contribution in [0.25, 0.3) is 0 Å². The van der Waals surface area contributed by atoms with Gasteiger partial charge in [-0.25, -0.2) is 9.78 Å². The van der Waals surface area contributed by atoms with Crippen molar-refractivity contribution in [2.75, 3.05) is 17.6 Å². The largest absolute Gasteiger partial charge is 0.478 e. The molecule has 0 radical (unpaired) electrons. The molecule has 3 aromatic rings. The monoisotopic (exact) mass is 621 g/mol. The van der Waals surface area contributed by atoms with Gasteiger partial charge in [-0.3, -0.25) is 9.59 Å². The molecule has 4 rings (SSSR count).